The topological polar surface area (TPSA) is 88.9 Å². The first-order chi connectivity index (χ1) is 12.8. The largest absolute Gasteiger partial charge is 0.496 e. The molecule has 0 unspecified atom stereocenters. The van der Waals surface area contributed by atoms with Crippen molar-refractivity contribution in [2.24, 2.45) is 5.73 Å². The molecule has 7 nitrogen and oxygen atoms in total. The molecular formula is C18H24FN5O2S. The second-order valence-corrected chi connectivity index (χ2v) is 7.84. The molecule has 0 aliphatic heterocycles. The summed E-state index contributed by atoms with van der Waals surface area (Å²) in [5, 5.41) is 15.5. The van der Waals surface area contributed by atoms with E-state index in [1.807, 2.05) is 4.90 Å². The fourth-order valence-electron chi connectivity index (χ4n) is 2.74. The number of nitrogens with two attached hydrogens (primary N) is 1. The van der Waals surface area contributed by atoms with E-state index >= 15 is 0 Å². The number of anilines is 1. The molecule has 27 heavy (non-hydrogen) atoms. The van der Waals surface area contributed by atoms with Crippen LogP contribution in [-0.2, 0) is 0 Å². The van der Waals surface area contributed by atoms with Crippen LogP contribution in [0.4, 0.5) is 9.52 Å². The van der Waals surface area contributed by atoms with E-state index in [9.17, 15) is 9.50 Å². The molecule has 146 valence electrons. The Morgan fingerprint density at radius 1 is 1.37 bits per heavy atom. The van der Waals surface area contributed by atoms with Gasteiger partial charge < -0.3 is 20.5 Å². The number of aromatic nitrogens is 3. The first kappa shape index (κ1) is 19.5. The fraction of sp³-hybridized carbons (Fsp3) is 0.444. The summed E-state index contributed by atoms with van der Waals surface area (Å²) >= 11 is 1.44. The summed E-state index contributed by atoms with van der Waals surface area (Å²) in [7, 11) is 1.50. The Labute approximate surface area is 161 Å². The number of aliphatic hydroxyl groups is 1. The predicted molar refractivity (Wildman–Crippen MR) is 105 cm³/mol. The first-order valence-corrected chi connectivity index (χ1v) is 9.50. The van der Waals surface area contributed by atoms with Crippen LogP contribution >= 0.6 is 11.3 Å². The summed E-state index contributed by atoms with van der Waals surface area (Å²) in [5.74, 6) is 0.0586. The van der Waals surface area contributed by atoms with E-state index in [1.165, 1.54) is 30.6 Å². The number of benzene rings is 1. The van der Waals surface area contributed by atoms with Crippen LogP contribution in [0.5, 0.6) is 5.75 Å². The molecule has 0 aliphatic rings. The quantitative estimate of drug-likeness (QED) is 0.611. The zero-order valence-electron chi connectivity index (χ0n) is 15.6. The molecule has 0 spiro atoms. The van der Waals surface area contributed by atoms with E-state index in [4.69, 9.17) is 10.5 Å². The van der Waals surface area contributed by atoms with Crippen LogP contribution < -0.4 is 15.4 Å². The van der Waals surface area contributed by atoms with Gasteiger partial charge in [-0.1, -0.05) is 11.3 Å². The lowest BCUT2D eigenvalue weighted by Crippen LogP contribution is -2.34. The van der Waals surface area contributed by atoms with Gasteiger partial charge in [-0.05, 0) is 32.4 Å². The molecule has 2 heterocycles. The Bertz CT molecular complexity index is 918. The summed E-state index contributed by atoms with van der Waals surface area (Å²) in [6.07, 6.45) is 2.29. The Balaban J connectivity index is 1.96. The minimum atomic E-state index is -0.767. The van der Waals surface area contributed by atoms with Crippen molar-refractivity contribution < 1.29 is 14.2 Å². The summed E-state index contributed by atoms with van der Waals surface area (Å²) in [6.45, 7) is 5.29. The van der Waals surface area contributed by atoms with Crippen molar-refractivity contribution >= 4 is 21.4 Å². The van der Waals surface area contributed by atoms with E-state index in [0.717, 1.165) is 15.8 Å². The van der Waals surface area contributed by atoms with Crippen molar-refractivity contribution in [2.75, 3.05) is 31.6 Å². The second kappa shape index (κ2) is 7.79. The molecule has 0 bridgehead atoms. The van der Waals surface area contributed by atoms with Gasteiger partial charge in [-0.3, -0.25) is 0 Å². The molecule has 1 aromatic carbocycles. The molecule has 0 amide bonds. The molecule has 3 aromatic rings. The average molecular weight is 393 g/mol. The second-order valence-electron chi connectivity index (χ2n) is 6.91. The number of ether oxygens (including phenoxy) is 1. The van der Waals surface area contributed by atoms with Gasteiger partial charge in [0.15, 0.2) is 0 Å². The first-order valence-electron chi connectivity index (χ1n) is 8.68. The molecule has 0 saturated heterocycles. The van der Waals surface area contributed by atoms with Gasteiger partial charge in [-0.2, -0.15) is 0 Å². The van der Waals surface area contributed by atoms with E-state index in [2.05, 4.69) is 10.1 Å². The highest BCUT2D eigenvalue weighted by molar-refractivity contribution is 7.20. The standard InChI is InChI=1S/C18H24FN5O2S/c1-18(2,25)6-8-23(9-7-20)17-22-24-14(11-21-16(24)27-17)13-5-4-12(19)10-15(13)26-3/h4-5,10-11,25H,6-9,20H2,1-3H3. The third kappa shape index (κ3) is 4.37. The maximum Gasteiger partial charge on any atom is 0.214 e. The number of imidazole rings is 1. The van der Waals surface area contributed by atoms with Crippen molar-refractivity contribution in [1.82, 2.24) is 14.6 Å². The SMILES string of the molecule is COc1cc(F)ccc1-c1cnc2sc(N(CCN)CCC(C)(C)O)nn12. The molecule has 0 aliphatic carbocycles. The Morgan fingerprint density at radius 2 is 2.15 bits per heavy atom. The van der Waals surface area contributed by atoms with Crippen LogP contribution in [0.15, 0.2) is 24.4 Å². The van der Waals surface area contributed by atoms with E-state index < -0.39 is 5.60 Å². The molecule has 0 radical (unpaired) electrons. The number of halogens is 1. The summed E-state index contributed by atoms with van der Waals surface area (Å²) in [4.78, 5) is 7.19. The number of rotatable bonds is 8. The lowest BCUT2D eigenvalue weighted by Gasteiger charge is -2.25. The smallest absolute Gasteiger partial charge is 0.214 e. The molecule has 9 heteroatoms. The highest BCUT2D eigenvalue weighted by Crippen LogP contribution is 2.33. The van der Waals surface area contributed by atoms with Crippen molar-refractivity contribution in [3.63, 3.8) is 0 Å². The summed E-state index contributed by atoms with van der Waals surface area (Å²) in [5.41, 5.74) is 6.41. The van der Waals surface area contributed by atoms with Gasteiger partial charge in [0.1, 0.15) is 11.6 Å². The average Bonchev–Trinajstić information content (AvgIpc) is 3.18. The Morgan fingerprint density at radius 3 is 2.81 bits per heavy atom. The monoisotopic (exact) mass is 393 g/mol. The minimum absolute atomic E-state index is 0.365. The lowest BCUT2D eigenvalue weighted by atomic mass is 10.1. The molecule has 0 fully saturated rings. The van der Waals surface area contributed by atoms with Gasteiger partial charge in [0.05, 0.1) is 24.6 Å². The predicted octanol–water partition coefficient (Wildman–Crippen LogP) is 2.53. The van der Waals surface area contributed by atoms with Crippen molar-refractivity contribution in [3.8, 4) is 17.0 Å². The van der Waals surface area contributed by atoms with E-state index in [-0.39, 0.29) is 5.82 Å². The van der Waals surface area contributed by atoms with Crippen LogP contribution in [0.25, 0.3) is 16.2 Å². The molecule has 3 N–H and O–H groups in total. The van der Waals surface area contributed by atoms with Gasteiger partial charge in [0.25, 0.3) is 0 Å². The fourth-order valence-corrected chi connectivity index (χ4v) is 3.67. The third-order valence-electron chi connectivity index (χ3n) is 4.18. The van der Waals surface area contributed by atoms with Gasteiger partial charge in [-0.25, -0.2) is 13.9 Å². The summed E-state index contributed by atoms with van der Waals surface area (Å²) < 4.78 is 20.5. The van der Waals surface area contributed by atoms with E-state index in [0.29, 0.717) is 37.4 Å². The minimum Gasteiger partial charge on any atom is -0.496 e. The van der Waals surface area contributed by atoms with Crippen LogP contribution in [-0.4, -0.2) is 52.0 Å². The highest BCUT2D eigenvalue weighted by Gasteiger charge is 2.20. The summed E-state index contributed by atoms with van der Waals surface area (Å²) in [6, 6.07) is 4.38. The highest BCUT2D eigenvalue weighted by atomic mass is 32.1. The van der Waals surface area contributed by atoms with Crippen LogP contribution in [0, 0.1) is 5.82 Å². The van der Waals surface area contributed by atoms with Crippen LogP contribution in [0.2, 0.25) is 0 Å². The normalized spacial score (nSPS) is 11.9. The molecule has 0 atom stereocenters. The van der Waals surface area contributed by atoms with Gasteiger partial charge >= 0.3 is 0 Å². The van der Waals surface area contributed by atoms with Crippen LogP contribution in [0.3, 0.4) is 0 Å². The number of hydrogen-bond acceptors (Lipinski definition) is 7. The van der Waals surface area contributed by atoms with Crippen LogP contribution in [0.1, 0.15) is 20.3 Å². The molecule has 2 aromatic heterocycles. The third-order valence-corrected chi connectivity index (χ3v) is 5.16. The lowest BCUT2D eigenvalue weighted by molar-refractivity contribution is 0.0731. The number of hydrogen-bond donors (Lipinski definition) is 2. The van der Waals surface area contributed by atoms with Crippen molar-refractivity contribution in [2.45, 2.75) is 25.9 Å². The van der Waals surface area contributed by atoms with Crippen molar-refractivity contribution in [1.29, 1.82) is 0 Å². The number of methoxy groups -OCH3 is 1. The van der Waals surface area contributed by atoms with Gasteiger partial charge in [-0.15, -0.1) is 5.10 Å². The van der Waals surface area contributed by atoms with Gasteiger partial charge in [0.2, 0.25) is 10.1 Å². The molecular weight excluding hydrogens is 369 g/mol. The Hall–Kier alpha value is -2.23. The van der Waals surface area contributed by atoms with Crippen molar-refractivity contribution in [3.05, 3.63) is 30.2 Å². The number of fused-ring (bicyclic) bond motifs is 1. The maximum absolute atomic E-state index is 13.5. The zero-order chi connectivity index (χ0) is 19.6. The Kier molecular flexibility index (Phi) is 5.64. The molecule has 0 saturated carbocycles. The zero-order valence-corrected chi connectivity index (χ0v) is 16.5. The van der Waals surface area contributed by atoms with E-state index in [1.54, 1.807) is 30.6 Å². The van der Waals surface area contributed by atoms with Gasteiger partial charge in [0, 0.05) is 31.3 Å². The maximum atomic E-state index is 13.5. The number of nitrogens with zero attached hydrogens (tertiary/aromatic N) is 4. The molecule has 3 rings (SSSR count).